The number of anilines is 1. The quantitative estimate of drug-likeness (QED) is 0.456. The summed E-state index contributed by atoms with van der Waals surface area (Å²) in [4.78, 5) is 20.9. The lowest BCUT2D eigenvalue weighted by Crippen LogP contribution is -2.10. The highest BCUT2D eigenvalue weighted by molar-refractivity contribution is 6.01. The second kappa shape index (κ2) is 4.56. The summed E-state index contributed by atoms with van der Waals surface area (Å²) in [6.45, 7) is 0. The number of nitrogens with two attached hydrogens (primary N) is 1. The van der Waals surface area contributed by atoms with Crippen molar-refractivity contribution in [3.63, 3.8) is 0 Å². The number of nitro groups is 1. The number of carboxylic acids is 1. The van der Waals surface area contributed by atoms with E-state index in [9.17, 15) is 14.9 Å². The number of benzene rings is 1. The van der Waals surface area contributed by atoms with Gasteiger partial charge >= 0.3 is 11.7 Å². The van der Waals surface area contributed by atoms with Crippen molar-refractivity contribution < 1.29 is 24.3 Å². The van der Waals surface area contributed by atoms with Gasteiger partial charge in [-0.25, -0.2) is 4.79 Å². The highest BCUT2D eigenvalue weighted by Crippen LogP contribution is 2.40. The molecule has 8 nitrogen and oxygen atoms in total. The maximum atomic E-state index is 11.0. The largest absolute Gasteiger partial charge is 0.494 e. The van der Waals surface area contributed by atoms with E-state index >= 15 is 0 Å². The Kier molecular flexibility index (Phi) is 3.37. The SMILES string of the molecule is COc1cc(OC)c([N+](=O)[O-])c(C(=O)O)c1N. The number of ether oxygens (including phenoxy) is 2. The maximum absolute atomic E-state index is 11.0. The Labute approximate surface area is 95.7 Å². The molecule has 0 spiro atoms. The molecule has 1 aromatic carbocycles. The Hall–Kier alpha value is -2.51. The van der Waals surface area contributed by atoms with Gasteiger partial charge in [0, 0.05) is 6.07 Å². The molecule has 0 radical (unpaired) electrons. The van der Waals surface area contributed by atoms with Crippen LogP contribution in [0.2, 0.25) is 0 Å². The van der Waals surface area contributed by atoms with E-state index < -0.39 is 22.1 Å². The van der Waals surface area contributed by atoms with Crippen molar-refractivity contribution in [3.05, 3.63) is 21.7 Å². The van der Waals surface area contributed by atoms with E-state index in [0.29, 0.717) is 0 Å². The molecule has 1 aromatic rings. The molecule has 92 valence electrons. The topological polar surface area (TPSA) is 125 Å². The zero-order chi connectivity index (χ0) is 13.2. The van der Waals surface area contributed by atoms with Crippen molar-refractivity contribution in [2.75, 3.05) is 20.0 Å². The Morgan fingerprint density at radius 1 is 1.41 bits per heavy atom. The summed E-state index contributed by atoms with van der Waals surface area (Å²) in [6, 6.07) is 1.17. The van der Waals surface area contributed by atoms with Crippen molar-refractivity contribution in [1.82, 2.24) is 0 Å². The zero-order valence-electron chi connectivity index (χ0n) is 9.09. The molecule has 0 aliphatic heterocycles. The van der Waals surface area contributed by atoms with E-state index in [2.05, 4.69) is 0 Å². The van der Waals surface area contributed by atoms with E-state index in [4.69, 9.17) is 20.3 Å². The van der Waals surface area contributed by atoms with E-state index in [1.54, 1.807) is 0 Å². The number of carboxylic acid groups (broad SMARTS) is 1. The number of carbonyl (C=O) groups is 1. The molecule has 0 unspecified atom stereocenters. The average molecular weight is 242 g/mol. The van der Waals surface area contributed by atoms with Gasteiger partial charge in [-0.2, -0.15) is 0 Å². The van der Waals surface area contributed by atoms with Crippen LogP contribution in [0.25, 0.3) is 0 Å². The highest BCUT2D eigenvalue weighted by atomic mass is 16.6. The van der Waals surface area contributed by atoms with Gasteiger partial charge in [0.25, 0.3) is 0 Å². The Balaban J connectivity index is 3.71. The molecular formula is C9H10N2O6. The standard InChI is InChI=1S/C9H10N2O6/c1-16-4-3-5(17-2)8(11(14)15)6(7(4)10)9(12)13/h3H,10H2,1-2H3,(H,12,13). The Morgan fingerprint density at radius 3 is 2.29 bits per heavy atom. The van der Waals surface area contributed by atoms with Crippen LogP contribution in [0.3, 0.4) is 0 Å². The summed E-state index contributed by atoms with van der Waals surface area (Å²) in [5.41, 5.74) is 3.84. The minimum Gasteiger partial charge on any atom is -0.494 e. The maximum Gasteiger partial charge on any atom is 0.345 e. The number of rotatable bonds is 4. The van der Waals surface area contributed by atoms with Crippen molar-refractivity contribution in [3.8, 4) is 11.5 Å². The molecule has 1 rings (SSSR count). The molecular weight excluding hydrogens is 232 g/mol. The number of nitro benzene ring substituents is 1. The summed E-state index contributed by atoms with van der Waals surface area (Å²) < 4.78 is 9.58. The van der Waals surface area contributed by atoms with Crippen LogP contribution in [0.5, 0.6) is 11.5 Å². The zero-order valence-corrected chi connectivity index (χ0v) is 9.09. The Bertz CT molecular complexity index is 485. The minimum absolute atomic E-state index is 0.00449. The summed E-state index contributed by atoms with van der Waals surface area (Å²) in [6.07, 6.45) is 0. The number of methoxy groups -OCH3 is 2. The highest BCUT2D eigenvalue weighted by Gasteiger charge is 2.31. The summed E-state index contributed by atoms with van der Waals surface area (Å²) in [5.74, 6) is -1.74. The lowest BCUT2D eigenvalue weighted by atomic mass is 10.1. The molecule has 0 aromatic heterocycles. The minimum atomic E-state index is -1.52. The van der Waals surface area contributed by atoms with E-state index in [0.717, 1.165) is 0 Å². The van der Waals surface area contributed by atoms with Crippen LogP contribution in [0.4, 0.5) is 11.4 Å². The van der Waals surface area contributed by atoms with Gasteiger partial charge in [-0.15, -0.1) is 0 Å². The lowest BCUT2D eigenvalue weighted by molar-refractivity contribution is -0.386. The van der Waals surface area contributed by atoms with Gasteiger partial charge < -0.3 is 20.3 Å². The first-order valence-corrected chi connectivity index (χ1v) is 4.36. The Morgan fingerprint density at radius 2 is 1.94 bits per heavy atom. The van der Waals surface area contributed by atoms with E-state index in [1.165, 1.54) is 20.3 Å². The van der Waals surface area contributed by atoms with Gasteiger partial charge in [-0.1, -0.05) is 0 Å². The van der Waals surface area contributed by atoms with Gasteiger partial charge in [0.15, 0.2) is 5.56 Å². The van der Waals surface area contributed by atoms with Crippen molar-refractivity contribution in [2.45, 2.75) is 0 Å². The first kappa shape index (κ1) is 12.6. The monoisotopic (exact) mass is 242 g/mol. The molecule has 3 N–H and O–H groups in total. The third kappa shape index (κ3) is 2.05. The average Bonchev–Trinajstić information content (AvgIpc) is 2.27. The van der Waals surface area contributed by atoms with Crippen LogP contribution in [0.15, 0.2) is 6.07 Å². The van der Waals surface area contributed by atoms with Crippen LogP contribution in [-0.4, -0.2) is 30.2 Å². The molecule has 0 saturated heterocycles. The summed E-state index contributed by atoms with van der Waals surface area (Å²) in [7, 11) is 2.45. The molecule has 0 aliphatic carbocycles. The fourth-order valence-electron chi connectivity index (χ4n) is 1.36. The third-order valence-corrected chi connectivity index (χ3v) is 2.10. The van der Waals surface area contributed by atoms with Crippen LogP contribution in [-0.2, 0) is 0 Å². The van der Waals surface area contributed by atoms with Crippen molar-refractivity contribution >= 4 is 17.3 Å². The normalized spacial score (nSPS) is 9.76. The van der Waals surface area contributed by atoms with Crippen LogP contribution in [0.1, 0.15) is 10.4 Å². The predicted octanol–water partition coefficient (Wildman–Crippen LogP) is 0.892. The fourth-order valence-corrected chi connectivity index (χ4v) is 1.36. The van der Waals surface area contributed by atoms with E-state index in [1.807, 2.05) is 0 Å². The molecule has 0 atom stereocenters. The molecule has 0 bridgehead atoms. The van der Waals surface area contributed by atoms with Crippen molar-refractivity contribution in [2.24, 2.45) is 0 Å². The van der Waals surface area contributed by atoms with Crippen LogP contribution >= 0.6 is 0 Å². The second-order valence-electron chi connectivity index (χ2n) is 2.98. The number of hydrogen-bond acceptors (Lipinski definition) is 6. The molecule has 17 heavy (non-hydrogen) atoms. The first-order chi connectivity index (χ1) is 7.93. The van der Waals surface area contributed by atoms with Gasteiger partial charge in [0.1, 0.15) is 5.75 Å². The van der Waals surface area contributed by atoms with E-state index in [-0.39, 0.29) is 17.2 Å². The van der Waals surface area contributed by atoms with Gasteiger partial charge in [0.05, 0.1) is 24.8 Å². The van der Waals surface area contributed by atoms with Crippen LogP contribution in [0, 0.1) is 10.1 Å². The molecule has 8 heteroatoms. The molecule has 0 amide bonds. The second-order valence-corrected chi connectivity index (χ2v) is 2.98. The number of hydrogen-bond donors (Lipinski definition) is 2. The lowest BCUT2D eigenvalue weighted by Gasteiger charge is -2.11. The molecule has 0 heterocycles. The number of nitrogen functional groups attached to an aromatic ring is 1. The molecule has 0 fully saturated rings. The summed E-state index contributed by atoms with van der Waals surface area (Å²) in [5, 5.41) is 19.8. The first-order valence-electron chi connectivity index (χ1n) is 4.36. The van der Waals surface area contributed by atoms with Crippen LogP contribution < -0.4 is 15.2 Å². The summed E-state index contributed by atoms with van der Waals surface area (Å²) >= 11 is 0. The number of nitrogens with zero attached hydrogens (tertiary/aromatic N) is 1. The third-order valence-electron chi connectivity index (χ3n) is 2.10. The van der Waals surface area contributed by atoms with Gasteiger partial charge in [-0.05, 0) is 0 Å². The number of aromatic carboxylic acids is 1. The predicted molar refractivity (Wildman–Crippen MR) is 57.6 cm³/mol. The van der Waals surface area contributed by atoms with Gasteiger partial charge in [0.2, 0.25) is 5.75 Å². The smallest absolute Gasteiger partial charge is 0.345 e. The molecule has 0 saturated carbocycles. The van der Waals surface area contributed by atoms with Gasteiger partial charge in [-0.3, -0.25) is 10.1 Å². The molecule has 0 aliphatic rings. The van der Waals surface area contributed by atoms with Crippen molar-refractivity contribution in [1.29, 1.82) is 0 Å². The fraction of sp³-hybridized carbons (Fsp3) is 0.222.